The number of hydrogen-bond donors (Lipinski definition) is 1. The van der Waals surface area contributed by atoms with Crippen LogP contribution in [0, 0.1) is 17.8 Å². The van der Waals surface area contributed by atoms with E-state index in [0.717, 1.165) is 42.9 Å². The van der Waals surface area contributed by atoms with Crippen LogP contribution < -0.4 is 9.64 Å². The topological polar surface area (TPSA) is 62.2 Å². The molecular formula is C22H28N2O4. The van der Waals surface area contributed by atoms with Gasteiger partial charge in [-0.1, -0.05) is 6.07 Å². The van der Waals surface area contributed by atoms with E-state index in [1.54, 1.807) is 14.0 Å². The fraction of sp³-hybridized carbons (Fsp3) is 0.682. The smallest absolute Gasteiger partial charge is 0.224 e. The summed E-state index contributed by atoms with van der Waals surface area (Å²) in [7, 11) is 1.65. The Morgan fingerprint density at radius 2 is 2.14 bits per heavy atom. The zero-order valence-electron chi connectivity index (χ0n) is 16.7. The lowest BCUT2D eigenvalue weighted by Crippen LogP contribution is -2.75. The lowest BCUT2D eigenvalue weighted by molar-refractivity contribution is -0.249. The van der Waals surface area contributed by atoms with Gasteiger partial charge in [0.05, 0.1) is 37.0 Å². The van der Waals surface area contributed by atoms with Crippen molar-refractivity contribution in [1.29, 1.82) is 0 Å². The van der Waals surface area contributed by atoms with E-state index in [1.165, 1.54) is 0 Å². The molecule has 6 rings (SSSR count). The normalized spacial score (nSPS) is 45.6. The summed E-state index contributed by atoms with van der Waals surface area (Å²) in [4.78, 5) is 17.2. The molecule has 3 saturated heterocycles. The second-order valence-corrected chi connectivity index (χ2v) is 9.44. The van der Waals surface area contributed by atoms with Crippen LogP contribution in [0.1, 0.15) is 32.3 Å². The highest BCUT2D eigenvalue weighted by Gasteiger charge is 2.76. The van der Waals surface area contributed by atoms with E-state index in [-0.39, 0.29) is 24.0 Å². The van der Waals surface area contributed by atoms with Gasteiger partial charge in [0.15, 0.2) is 0 Å². The van der Waals surface area contributed by atoms with Crippen molar-refractivity contribution in [2.24, 2.45) is 17.8 Å². The Bertz CT molecular complexity index is 874. The van der Waals surface area contributed by atoms with E-state index >= 15 is 0 Å². The number of anilines is 1. The number of aliphatic hydroxyl groups is 1. The van der Waals surface area contributed by atoms with E-state index in [9.17, 15) is 9.90 Å². The summed E-state index contributed by atoms with van der Waals surface area (Å²) in [6, 6.07) is 5.97. The maximum atomic E-state index is 12.9. The van der Waals surface area contributed by atoms with Crippen LogP contribution in [0.25, 0.3) is 0 Å². The average Bonchev–Trinajstić information content (AvgIpc) is 3.15. The van der Waals surface area contributed by atoms with Crippen molar-refractivity contribution in [2.45, 2.75) is 50.0 Å². The fourth-order valence-electron chi connectivity index (χ4n) is 7.60. The molecule has 1 aromatic rings. The third-order valence-corrected chi connectivity index (χ3v) is 8.69. The van der Waals surface area contributed by atoms with Gasteiger partial charge < -0.3 is 19.5 Å². The highest BCUT2D eigenvalue weighted by Crippen LogP contribution is 2.68. The van der Waals surface area contributed by atoms with Crippen molar-refractivity contribution < 1.29 is 19.4 Å². The number of fused-ring (bicyclic) bond motifs is 2. The minimum Gasteiger partial charge on any atom is -0.497 e. The van der Waals surface area contributed by atoms with Crippen molar-refractivity contribution >= 4 is 11.6 Å². The second kappa shape index (κ2) is 5.29. The molecule has 2 bridgehead atoms. The van der Waals surface area contributed by atoms with Gasteiger partial charge in [0.1, 0.15) is 11.5 Å². The highest BCUT2D eigenvalue weighted by molar-refractivity contribution is 5.96. The molecule has 1 N–H and O–H groups in total. The largest absolute Gasteiger partial charge is 0.497 e. The number of ether oxygens (including phenoxy) is 2. The molecule has 1 aliphatic carbocycles. The van der Waals surface area contributed by atoms with Crippen molar-refractivity contribution in [3.05, 3.63) is 23.8 Å². The summed E-state index contributed by atoms with van der Waals surface area (Å²) in [6.45, 7) is 6.24. The lowest BCUT2D eigenvalue weighted by Gasteiger charge is -2.64. The third-order valence-electron chi connectivity index (χ3n) is 8.69. The van der Waals surface area contributed by atoms with Crippen LogP contribution in [0.4, 0.5) is 5.69 Å². The van der Waals surface area contributed by atoms with Gasteiger partial charge in [-0.2, -0.15) is 0 Å². The van der Waals surface area contributed by atoms with Gasteiger partial charge in [0.2, 0.25) is 5.91 Å². The van der Waals surface area contributed by atoms with Crippen molar-refractivity contribution in [3.8, 4) is 5.75 Å². The van der Waals surface area contributed by atoms with Crippen molar-refractivity contribution in [1.82, 2.24) is 4.90 Å². The van der Waals surface area contributed by atoms with Gasteiger partial charge in [0.25, 0.3) is 0 Å². The minimum atomic E-state index is -0.889. The van der Waals surface area contributed by atoms with Crippen LogP contribution in [0.2, 0.25) is 0 Å². The Kier molecular flexibility index (Phi) is 3.26. The summed E-state index contributed by atoms with van der Waals surface area (Å²) in [5, 5.41) is 12.2. The van der Waals surface area contributed by atoms with Gasteiger partial charge >= 0.3 is 0 Å². The van der Waals surface area contributed by atoms with Crippen LogP contribution >= 0.6 is 0 Å². The summed E-state index contributed by atoms with van der Waals surface area (Å²) >= 11 is 0. The maximum absolute atomic E-state index is 12.9. The third kappa shape index (κ3) is 1.70. The first-order chi connectivity index (χ1) is 13.4. The number of piperidine rings is 1. The fourth-order valence-corrected chi connectivity index (χ4v) is 7.60. The molecule has 28 heavy (non-hydrogen) atoms. The molecule has 1 spiro atoms. The van der Waals surface area contributed by atoms with E-state index in [2.05, 4.69) is 17.9 Å². The Morgan fingerprint density at radius 3 is 2.89 bits per heavy atom. The van der Waals surface area contributed by atoms with Gasteiger partial charge in [-0.3, -0.25) is 9.69 Å². The first-order valence-electron chi connectivity index (χ1n) is 10.5. The molecule has 4 aliphatic heterocycles. The summed E-state index contributed by atoms with van der Waals surface area (Å²) in [5.41, 5.74) is 0.680. The second-order valence-electron chi connectivity index (χ2n) is 9.44. The number of carbonyl (C=O) groups is 1. The SMILES string of the molecule is COc1ccc2c(c1)N(C(C)=O)C1C3COC(C)C4CN5CCC21C5(O)CC43. The van der Waals surface area contributed by atoms with Crippen molar-refractivity contribution in [3.63, 3.8) is 0 Å². The number of rotatable bonds is 1. The Hall–Kier alpha value is -1.63. The minimum absolute atomic E-state index is 0.0357. The van der Waals surface area contributed by atoms with Gasteiger partial charge in [0, 0.05) is 37.9 Å². The Balaban J connectivity index is 1.62. The molecule has 6 nitrogen and oxygen atoms in total. The quantitative estimate of drug-likeness (QED) is 0.799. The summed E-state index contributed by atoms with van der Waals surface area (Å²) < 4.78 is 11.7. The molecule has 6 heteroatoms. The first kappa shape index (κ1) is 17.2. The molecule has 4 heterocycles. The van der Waals surface area contributed by atoms with Crippen LogP contribution in [0.15, 0.2) is 18.2 Å². The summed E-state index contributed by atoms with van der Waals surface area (Å²) in [5.74, 6) is 1.84. The van der Waals surface area contributed by atoms with Crippen LogP contribution in [-0.4, -0.2) is 60.6 Å². The number of carbonyl (C=O) groups excluding carboxylic acids is 1. The molecule has 0 aromatic heterocycles. The van der Waals surface area contributed by atoms with Crippen LogP contribution in [0.3, 0.4) is 0 Å². The van der Waals surface area contributed by atoms with Crippen molar-refractivity contribution in [2.75, 3.05) is 31.7 Å². The van der Waals surface area contributed by atoms with Crippen LogP contribution in [0.5, 0.6) is 5.75 Å². The molecule has 1 aromatic carbocycles. The van der Waals surface area contributed by atoms with E-state index < -0.39 is 11.1 Å². The number of benzene rings is 1. The number of methoxy groups -OCH3 is 1. The maximum Gasteiger partial charge on any atom is 0.224 e. The molecule has 7 unspecified atom stereocenters. The van der Waals surface area contributed by atoms with Gasteiger partial charge in [-0.15, -0.1) is 0 Å². The van der Waals surface area contributed by atoms with E-state index in [4.69, 9.17) is 9.47 Å². The lowest BCUT2D eigenvalue weighted by atomic mass is 9.51. The zero-order valence-corrected chi connectivity index (χ0v) is 16.7. The highest BCUT2D eigenvalue weighted by atomic mass is 16.5. The number of hydrogen-bond acceptors (Lipinski definition) is 5. The van der Waals surface area contributed by atoms with E-state index in [0.29, 0.717) is 18.4 Å². The molecule has 0 radical (unpaired) electrons. The molecule has 7 atom stereocenters. The average molecular weight is 384 g/mol. The van der Waals surface area contributed by atoms with Crippen LogP contribution in [-0.2, 0) is 14.9 Å². The Labute approximate surface area is 165 Å². The number of amides is 1. The van der Waals surface area contributed by atoms with E-state index in [1.807, 2.05) is 17.0 Å². The first-order valence-corrected chi connectivity index (χ1v) is 10.5. The van der Waals surface area contributed by atoms with Gasteiger partial charge in [-0.25, -0.2) is 0 Å². The predicted molar refractivity (Wildman–Crippen MR) is 103 cm³/mol. The summed E-state index contributed by atoms with van der Waals surface area (Å²) in [6.07, 6.45) is 1.86. The Morgan fingerprint density at radius 1 is 1.32 bits per heavy atom. The molecule has 1 amide bonds. The molecule has 1 saturated carbocycles. The molecule has 4 fully saturated rings. The monoisotopic (exact) mass is 384 g/mol. The molecular weight excluding hydrogens is 356 g/mol. The molecule has 5 aliphatic rings. The predicted octanol–water partition coefficient (Wildman–Crippen LogP) is 1.75. The molecule has 150 valence electrons. The standard InChI is InChI=1S/C22H28N2O4/c1-12-16-10-23-7-6-21-18-5-4-14(27-3)8-19(18)24(13(2)25)20(21)17(11-28-12)15(16)9-22(21,23)26/h4-5,8,12,15-17,20,26H,6-7,9-11H2,1-3H3. The zero-order chi connectivity index (χ0) is 19.4. The number of nitrogens with zero attached hydrogens (tertiary/aromatic N) is 2. The van der Waals surface area contributed by atoms with Gasteiger partial charge in [-0.05, 0) is 37.3 Å².